The first kappa shape index (κ1) is 63.7. The van der Waals surface area contributed by atoms with E-state index >= 15 is 0 Å². The fraction of sp³-hybridized carbons (Fsp3) is 0.786. The van der Waals surface area contributed by atoms with E-state index in [4.69, 9.17) is 18.5 Å². The number of hydrogen-bond donors (Lipinski definition) is 0. The van der Waals surface area contributed by atoms with Crippen LogP contribution in [-0.2, 0) is 32.7 Å². The van der Waals surface area contributed by atoms with Crippen LogP contribution in [0.2, 0.25) is 0 Å². The Hall–Kier alpha value is -2.29. The Morgan fingerprint density at radius 1 is 0.470 bits per heavy atom. The van der Waals surface area contributed by atoms with Crippen molar-refractivity contribution in [2.45, 2.75) is 238 Å². The molecule has 0 fully saturated rings. The highest BCUT2D eigenvalue weighted by Gasteiger charge is 2.21. The Balaban J connectivity index is 4.23. The number of rotatable bonds is 49. The molecule has 2 unspecified atom stereocenters. The summed E-state index contributed by atoms with van der Waals surface area (Å²) in [5.41, 5.74) is 0. The summed E-state index contributed by atoms with van der Waals surface area (Å²) in [5.74, 6) is -0.845. The number of ether oxygens (including phenoxy) is 2. The molecule has 66 heavy (non-hydrogen) atoms. The van der Waals surface area contributed by atoms with E-state index in [2.05, 4.69) is 74.6 Å². The summed E-state index contributed by atoms with van der Waals surface area (Å²) < 4.78 is 34.1. The molecule has 0 radical (unpaired) electrons. The molecule has 2 atom stereocenters. The Kier molecular flexibility index (Phi) is 46.1. The number of carbonyl (C=O) groups excluding carboxylic acids is 2. The maximum atomic E-state index is 12.8. The van der Waals surface area contributed by atoms with Gasteiger partial charge in [0.1, 0.15) is 19.8 Å². The van der Waals surface area contributed by atoms with E-state index in [0.29, 0.717) is 17.4 Å². The number of quaternary nitrogens is 1. The predicted molar refractivity (Wildman–Crippen MR) is 277 cm³/mol. The minimum atomic E-state index is -4.64. The smallest absolute Gasteiger partial charge is 0.306 e. The van der Waals surface area contributed by atoms with Gasteiger partial charge >= 0.3 is 11.9 Å². The monoisotopic (exact) mass is 948 g/mol. The van der Waals surface area contributed by atoms with Crippen LogP contribution >= 0.6 is 7.82 Å². The van der Waals surface area contributed by atoms with Gasteiger partial charge in [-0.3, -0.25) is 14.2 Å². The third kappa shape index (κ3) is 51.1. The summed E-state index contributed by atoms with van der Waals surface area (Å²) in [6.07, 6.45) is 59.6. The van der Waals surface area contributed by atoms with E-state index in [1.54, 1.807) is 0 Å². The van der Waals surface area contributed by atoms with Gasteiger partial charge in [0, 0.05) is 12.8 Å². The van der Waals surface area contributed by atoms with Crippen molar-refractivity contribution < 1.29 is 42.1 Å². The van der Waals surface area contributed by atoms with Crippen molar-refractivity contribution in [3.8, 4) is 0 Å². The number of nitrogens with zero attached hydrogens (tertiary/aromatic N) is 1. The molecule has 384 valence electrons. The van der Waals surface area contributed by atoms with E-state index in [-0.39, 0.29) is 26.1 Å². The highest BCUT2D eigenvalue weighted by molar-refractivity contribution is 7.45. The second-order valence-corrected chi connectivity index (χ2v) is 20.6. The van der Waals surface area contributed by atoms with Crippen LogP contribution in [0.25, 0.3) is 0 Å². The molecule has 0 bridgehead atoms. The molecule has 0 aliphatic rings. The van der Waals surface area contributed by atoms with E-state index in [1.165, 1.54) is 122 Å². The third-order valence-electron chi connectivity index (χ3n) is 11.5. The Morgan fingerprint density at radius 3 is 1.24 bits per heavy atom. The SMILES string of the molecule is CCCCC/C=C\C/C=C\CCCCCCCCCC(=O)OCC(COP(=O)([O-])OCC[N+](C)(C)C)OC(=O)CCCCCCCCCCCC/C=C\C/C=C\C/C=C\CCCCCCC. The van der Waals surface area contributed by atoms with Crippen LogP contribution in [0.5, 0.6) is 0 Å². The van der Waals surface area contributed by atoms with Crippen molar-refractivity contribution in [3.63, 3.8) is 0 Å². The van der Waals surface area contributed by atoms with Crippen molar-refractivity contribution in [2.24, 2.45) is 0 Å². The highest BCUT2D eigenvalue weighted by Crippen LogP contribution is 2.38. The molecule has 0 saturated heterocycles. The molecule has 0 aliphatic heterocycles. The Morgan fingerprint density at radius 2 is 0.818 bits per heavy atom. The molecule has 0 rings (SSSR count). The zero-order chi connectivity index (χ0) is 48.5. The second-order valence-electron chi connectivity index (χ2n) is 19.2. The zero-order valence-corrected chi connectivity index (χ0v) is 44.3. The minimum absolute atomic E-state index is 0.0349. The van der Waals surface area contributed by atoms with Gasteiger partial charge in [-0.05, 0) is 83.5 Å². The molecule has 0 amide bonds. The number of unbranched alkanes of at least 4 members (excludes halogenated alkanes) is 25. The van der Waals surface area contributed by atoms with Crippen LogP contribution in [0, 0.1) is 0 Å². The summed E-state index contributed by atoms with van der Waals surface area (Å²) >= 11 is 0. The molecule has 0 N–H and O–H groups in total. The van der Waals surface area contributed by atoms with E-state index < -0.39 is 32.5 Å². The quantitative estimate of drug-likeness (QED) is 0.0195. The van der Waals surface area contributed by atoms with Crippen molar-refractivity contribution in [1.29, 1.82) is 0 Å². The first-order valence-corrected chi connectivity index (χ1v) is 28.5. The van der Waals surface area contributed by atoms with Gasteiger partial charge in [-0.15, -0.1) is 0 Å². The number of phosphoric ester groups is 1. The van der Waals surface area contributed by atoms with Crippen LogP contribution in [0.3, 0.4) is 0 Å². The largest absolute Gasteiger partial charge is 0.756 e. The predicted octanol–water partition coefficient (Wildman–Crippen LogP) is 15.7. The molecular formula is C56H102NO8P. The molecular weight excluding hydrogens is 846 g/mol. The lowest BCUT2D eigenvalue weighted by molar-refractivity contribution is -0.870. The maximum absolute atomic E-state index is 12.8. The molecule has 0 heterocycles. The number of hydrogen-bond acceptors (Lipinski definition) is 8. The number of allylic oxidation sites excluding steroid dienone is 10. The zero-order valence-electron chi connectivity index (χ0n) is 43.4. The Labute approximate surface area is 406 Å². The van der Waals surface area contributed by atoms with E-state index in [1.807, 2.05) is 21.1 Å². The van der Waals surface area contributed by atoms with Crippen molar-refractivity contribution in [2.75, 3.05) is 47.5 Å². The number of esters is 2. The molecule has 0 aromatic rings. The molecule has 9 nitrogen and oxygen atoms in total. The van der Waals surface area contributed by atoms with Gasteiger partial charge in [0.15, 0.2) is 6.10 Å². The Bertz CT molecular complexity index is 1300. The average molecular weight is 948 g/mol. The summed E-state index contributed by atoms with van der Waals surface area (Å²) in [6.45, 7) is 4.19. The standard InChI is InChI=1S/C56H102NO8P/c1-6-8-10-12-14-16-18-20-22-24-25-26-27-28-29-30-31-33-35-37-39-41-43-45-47-49-56(59)65-54(53-64-66(60,61)63-51-50-57(3,4)5)52-62-55(58)48-46-44-42-40-38-36-34-32-23-21-19-17-15-13-11-9-7-2/h15,17-18,20-21,23-25,27-28,54H,6-14,16,19,22,26,29-53H2,1-5H3/b17-15-,20-18-,23-21-,25-24-,28-27-. The number of phosphoric acid groups is 1. The molecule has 0 aromatic heterocycles. The van der Waals surface area contributed by atoms with Crippen molar-refractivity contribution in [3.05, 3.63) is 60.8 Å². The van der Waals surface area contributed by atoms with Gasteiger partial charge in [-0.25, -0.2) is 0 Å². The van der Waals surface area contributed by atoms with Gasteiger partial charge in [-0.1, -0.05) is 197 Å². The summed E-state index contributed by atoms with van der Waals surface area (Å²) in [7, 11) is 1.16. The van der Waals surface area contributed by atoms with E-state index in [0.717, 1.165) is 77.0 Å². The lowest BCUT2D eigenvalue weighted by Crippen LogP contribution is -2.37. The normalized spacial score (nSPS) is 13.8. The highest BCUT2D eigenvalue weighted by atomic mass is 31.2. The third-order valence-corrected chi connectivity index (χ3v) is 12.5. The minimum Gasteiger partial charge on any atom is -0.756 e. The molecule has 0 saturated carbocycles. The van der Waals surface area contributed by atoms with Crippen LogP contribution in [0.4, 0.5) is 0 Å². The maximum Gasteiger partial charge on any atom is 0.306 e. The van der Waals surface area contributed by atoms with Crippen molar-refractivity contribution >= 4 is 19.8 Å². The van der Waals surface area contributed by atoms with Crippen LogP contribution in [-0.4, -0.2) is 70.0 Å². The van der Waals surface area contributed by atoms with Gasteiger partial charge in [0.25, 0.3) is 7.82 Å². The molecule has 0 aromatic carbocycles. The topological polar surface area (TPSA) is 111 Å². The van der Waals surface area contributed by atoms with E-state index in [9.17, 15) is 19.0 Å². The lowest BCUT2D eigenvalue weighted by Gasteiger charge is -2.28. The summed E-state index contributed by atoms with van der Waals surface area (Å²) in [5, 5.41) is 0. The lowest BCUT2D eigenvalue weighted by atomic mass is 10.0. The van der Waals surface area contributed by atoms with Crippen LogP contribution < -0.4 is 4.89 Å². The van der Waals surface area contributed by atoms with Gasteiger partial charge in [0.05, 0.1) is 27.7 Å². The first-order valence-electron chi connectivity index (χ1n) is 27.0. The van der Waals surface area contributed by atoms with Crippen molar-refractivity contribution in [1.82, 2.24) is 0 Å². The van der Waals surface area contributed by atoms with Gasteiger partial charge in [-0.2, -0.15) is 0 Å². The summed E-state index contributed by atoms with van der Waals surface area (Å²) in [4.78, 5) is 37.8. The number of carbonyl (C=O) groups is 2. The molecule has 10 heteroatoms. The summed E-state index contributed by atoms with van der Waals surface area (Å²) in [6, 6.07) is 0. The average Bonchev–Trinajstić information content (AvgIpc) is 3.27. The fourth-order valence-electron chi connectivity index (χ4n) is 7.28. The fourth-order valence-corrected chi connectivity index (χ4v) is 8.01. The van der Waals surface area contributed by atoms with Gasteiger partial charge in [0.2, 0.25) is 0 Å². The van der Waals surface area contributed by atoms with Gasteiger partial charge < -0.3 is 27.9 Å². The first-order chi connectivity index (χ1) is 32.0. The van der Waals surface area contributed by atoms with Crippen LogP contribution in [0.1, 0.15) is 232 Å². The molecule has 0 aliphatic carbocycles. The molecule has 0 spiro atoms. The van der Waals surface area contributed by atoms with Crippen LogP contribution in [0.15, 0.2) is 60.8 Å². The number of likely N-dealkylation sites (N-methyl/N-ethyl adjacent to an activating group) is 1. The second kappa shape index (κ2) is 47.8.